The molecule has 0 N–H and O–H groups in total. The summed E-state index contributed by atoms with van der Waals surface area (Å²) in [7, 11) is 5.75. The third kappa shape index (κ3) is 3.47. The molecule has 8 heteroatoms. The van der Waals surface area contributed by atoms with Crippen LogP contribution in [-0.2, 0) is 19.1 Å². The smallest absolute Gasteiger partial charge is 0.348 e. The van der Waals surface area contributed by atoms with Gasteiger partial charge in [0, 0.05) is 19.9 Å². The van der Waals surface area contributed by atoms with Crippen molar-refractivity contribution in [3.05, 3.63) is 17.2 Å². The molecule has 136 valence electrons. The molecule has 0 unspecified atom stereocenters. The number of hydrogen-bond donors (Lipinski definition) is 0. The van der Waals surface area contributed by atoms with Gasteiger partial charge in [0.1, 0.15) is 11.3 Å². The Kier molecular flexibility index (Phi) is 5.10. The highest BCUT2D eigenvalue weighted by Gasteiger charge is 2.39. The van der Waals surface area contributed by atoms with E-state index in [1.165, 1.54) is 48.4 Å². The summed E-state index contributed by atoms with van der Waals surface area (Å²) >= 11 is 0. The molecule has 1 heterocycles. The van der Waals surface area contributed by atoms with Gasteiger partial charge in [-0.1, -0.05) is 0 Å². The Balaban J connectivity index is 2.66. The van der Waals surface area contributed by atoms with E-state index < -0.39 is 17.7 Å². The predicted molar refractivity (Wildman–Crippen MR) is 86.9 cm³/mol. The first kappa shape index (κ1) is 18.4. The van der Waals surface area contributed by atoms with Crippen LogP contribution in [0.1, 0.15) is 19.4 Å². The van der Waals surface area contributed by atoms with Crippen LogP contribution in [0.15, 0.2) is 11.6 Å². The zero-order valence-corrected chi connectivity index (χ0v) is 14.9. The minimum absolute atomic E-state index is 0.233. The van der Waals surface area contributed by atoms with Crippen molar-refractivity contribution in [1.82, 2.24) is 0 Å². The molecule has 2 rings (SSSR count). The summed E-state index contributed by atoms with van der Waals surface area (Å²) in [6.07, 6.45) is 1.28. The summed E-state index contributed by atoms with van der Waals surface area (Å²) < 4.78 is 31.4. The molecule has 1 aromatic carbocycles. The van der Waals surface area contributed by atoms with E-state index in [2.05, 4.69) is 0 Å². The van der Waals surface area contributed by atoms with Gasteiger partial charge in [0.25, 0.3) is 5.79 Å². The van der Waals surface area contributed by atoms with E-state index in [0.29, 0.717) is 17.1 Å². The van der Waals surface area contributed by atoms with E-state index in [1.54, 1.807) is 6.07 Å². The fourth-order valence-electron chi connectivity index (χ4n) is 2.38. The highest BCUT2D eigenvalue weighted by molar-refractivity contribution is 6.19. The number of esters is 2. The quantitative estimate of drug-likeness (QED) is 0.451. The fraction of sp³-hybridized carbons (Fsp3) is 0.412. The highest BCUT2D eigenvalue weighted by Crippen LogP contribution is 2.46. The van der Waals surface area contributed by atoms with E-state index in [4.69, 9.17) is 28.4 Å². The standard InChI is InChI=1S/C17H20O8/c1-17(2)24-15(18)10(16(19)25-17)7-9-11(20-3)8-12(21-4)14(23-6)13(9)22-5/h7-8H,1-6H3. The first-order valence-electron chi connectivity index (χ1n) is 7.33. The van der Waals surface area contributed by atoms with Crippen LogP contribution >= 0.6 is 0 Å². The molecule has 8 nitrogen and oxygen atoms in total. The lowest BCUT2D eigenvalue weighted by Crippen LogP contribution is -2.41. The number of benzene rings is 1. The van der Waals surface area contributed by atoms with E-state index in [1.807, 2.05) is 0 Å². The number of hydrogen-bond acceptors (Lipinski definition) is 8. The maximum atomic E-state index is 12.2. The van der Waals surface area contributed by atoms with Crippen molar-refractivity contribution in [2.45, 2.75) is 19.6 Å². The lowest BCUT2D eigenvalue weighted by atomic mass is 10.1. The summed E-state index contributed by atoms with van der Waals surface area (Å²) in [5.74, 6) is -1.73. The van der Waals surface area contributed by atoms with Crippen molar-refractivity contribution < 1.29 is 38.0 Å². The van der Waals surface area contributed by atoms with Crippen LogP contribution in [0.3, 0.4) is 0 Å². The number of ether oxygens (including phenoxy) is 6. The lowest BCUT2D eigenvalue weighted by Gasteiger charge is -2.30. The van der Waals surface area contributed by atoms with E-state index in [0.717, 1.165) is 0 Å². The average molecular weight is 352 g/mol. The SMILES string of the molecule is COc1cc(OC)c(OC)c(OC)c1C=C1C(=O)OC(C)(C)OC1=O. The van der Waals surface area contributed by atoms with Crippen molar-refractivity contribution in [1.29, 1.82) is 0 Å². The zero-order valence-electron chi connectivity index (χ0n) is 14.9. The van der Waals surface area contributed by atoms with Gasteiger partial charge in [0.05, 0.1) is 34.0 Å². The molecule has 1 aromatic rings. The number of carbonyl (C=O) groups is 2. The van der Waals surface area contributed by atoms with Crippen LogP contribution in [0, 0.1) is 0 Å². The van der Waals surface area contributed by atoms with Crippen LogP contribution in [-0.4, -0.2) is 46.2 Å². The lowest BCUT2D eigenvalue weighted by molar-refractivity contribution is -0.222. The van der Waals surface area contributed by atoms with Crippen LogP contribution < -0.4 is 18.9 Å². The first-order chi connectivity index (χ1) is 11.8. The van der Waals surface area contributed by atoms with E-state index >= 15 is 0 Å². The van der Waals surface area contributed by atoms with Crippen molar-refractivity contribution in [2.24, 2.45) is 0 Å². The van der Waals surface area contributed by atoms with E-state index in [9.17, 15) is 9.59 Å². The van der Waals surface area contributed by atoms with Crippen LogP contribution in [0.25, 0.3) is 6.08 Å². The van der Waals surface area contributed by atoms with Crippen molar-refractivity contribution in [3.8, 4) is 23.0 Å². The second-order valence-corrected chi connectivity index (χ2v) is 5.50. The number of methoxy groups -OCH3 is 4. The van der Waals surface area contributed by atoms with Gasteiger partial charge < -0.3 is 28.4 Å². The topological polar surface area (TPSA) is 89.5 Å². The third-order valence-corrected chi connectivity index (χ3v) is 3.46. The minimum Gasteiger partial charge on any atom is -0.496 e. The molecule has 25 heavy (non-hydrogen) atoms. The van der Waals surface area contributed by atoms with Gasteiger partial charge in [0.2, 0.25) is 5.75 Å². The molecule has 0 aromatic heterocycles. The Morgan fingerprint density at radius 1 is 0.840 bits per heavy atom. The molecular weight excluding hydrogens is 332 g/mol. The van der Waals surface area contributed by atoms with Crippen molar-refractivity contribution in [2.75, 3.05) is 28.4 Å². The summed E-state index contributed by atoms with van der Waals surface area (Å²) in [5.41, 5.74) is 0.0226. The van der Waals surface area contributed by atoms with Crippen molar-refractivity contribution >= 4 is 18.0 Å². The summed E-state index contributed by atoms with van der Waals surface area (Å²) in [6, 6.07) is 1.55. The molecule has 0 radical (unpaired) electrons. The van der Waals surface area contributed by atoms with Gasteiger partial charge >= 0.3 is 11.9 Å². The maximum absolute atomic E-state index is 12.2. The molecule has 0 spiro atoms. The molecular formula is C17H20O8. The Bertz CT molecular complexity index is 711. The molecule has 0 aliphatic carbocycles. The summed E-state index contributed by atoms with van der Waals surface area (Å²) in [6.45, 7) is 2.94. The summed E-state index contributed by atoms with van der Waals surface area (Å²) in [5, 5.41) is 0. The molecule has 1 aliphatic rings. The van der Waals surface area contributed by atoms with Gasteiger partial charge in [-0.2, -0.15) is 0 Å². The second-order valence-electron chi connectivity index (χ2n) is 5.50. The van der Waals surface area contributed by atoms with Gasteiger partial charge in [-0.25, -0.2) is 9.59 Å². The molecule has 0 saturated carbocycles. The second kappa shape index (κ2) is 6.92. The molecule has 1 aliphatic heterocycles. The van der Waals surface area contributed by atoms with Crippen LogP contribution in [0.4, 0.5) is 0 Å². The first-order valence-corrected chi connectivity index (χ1v) is 7.33. The molecule has 1 fully saturated rings. The number of carbonyl (C=O) groups excluding carboxylic acids is 2. The van der Waals surface area contributed by atoms with Gasteiger partial charge in [-0.05, 0) is 6.08 Å². The van der Waals surface area contributed by atoms with Crippen molar-refractivity contribution in [3.63, 3.8) is 0 Å². The molecule has 0 bridgehead atoms. The van der Waals surface area contributed by atoms with Crippen LogP contribution in [0.2, 0.25) is 0 Å². The number of rotatable bonds is 5. The average Bonchev–Trinajstić information content (AvgIpc) is 2.55. The zero-order chi connectivity index (χ0) is 18.8. The highest BCUT2D eigenvalue weighted by atomic mass is 16.7. The largest absolute Gasteiger partial charge is 0.496 e. The minimum atomic E-state index is -1.32. The van der Waals surface area contributed by atoms with Gasteiger partial charge in [0.15, 0.2) is 11.5 Å². The monoisotopic (exact) mass is 352 g/mol. The predicted octanol–water partition coefficient (Wildman–Crippen LogP) is 1.94. The Morgan fingerprint density at radius 2 is 1.36 bits per heavy atom. The Hall–Kier alpha value is -2.90. The summed E-state index contributed by atoms with van der Waals surface area (Å²) in [4.78, 5) is 24.3. The fourth-order valence-corrected chi connectivity index (χ4v) is 2.38. The van der Waals surface area contributed by atoms with Gasteiger partial charge in [-0.3, -0.25) is 0 Å². The molecule has 1 saturated heterocycles. The third-order valence-electron chi connectivity index (χ3n) is 3.46. The van der Waals surface area contributed by atoms with Gasteiger partial charge in [-0.15, -0.1) is 0 Å². The maximum Gasteiger partial charge on any atom is 0.348 e. The Labute approximate surface area is 145 Å². The molecule has 0 amide bonds. The normalized spacial score (nSPS) is 15.8. The molecule has 0 atom stereocenters. The van der Waals surface area contributed by atoms with E-state index in [-0.39, 0.29) is 17.1 Å². The Morgan fingerprint density at radius 3 is 1.80 bits per heavy atom. The van der Waals surface area contributed by atoms with Crippen LogP contribution in [0.5, 0.6) is 23.0 Å². The number of cyclic esters (lactones) is 2.